The maximum atomic E-state index is 13.3. The van der Waals surface area contributed by atoms with Crippen LogP contribution in [-0.4, -0.2) is 37.0 Å². The van der Waals surface area contributed by atoms with E-state index in [1.165, 1.54) is 11.1 Å². The summed E-state index contributed by atoms with van der Waals surface area (Å²) in [6.07, 6.45) is 2.97. The third kappa shape index (κ3) is 5.40. The number of carbonyl (C=O) groups excluding carboxylic acids is 1. The summed E-state index contributed by atoms with van der Waals surface area (Å²) in [6.45, 7) is 5.25. The lowest BCUT2D eigenvalue weighted by atomic mass is 9.68. The molecule has 1 N–H and O–H groups in total. The Bertz CT molecular complexity index is 1680. The summed E-state index contributed by atoms with van der Waals surface area (Å²) in [4.78, 5) is 28.9. The molecule has 0 saturated carbocycles. The van der Waals surface area contributed by atoms with Crippen molar-refractivity contribution in [2.45, 2.75) is 31.6 Å². The second-order valence-electron chi connectivity index (χ2n) is 11.2. The Balaban J connectivity index is 1.10. The molecule has 5 nitrogen and oxygen atoms in total. The summed E-state index contributed by atoms with van der Waals surface area (Å²) >= 11 is 0. The van der Waals surface area contributed by atoms with Crippen molar-refractivity contribution in [3.63, 3.8) is 0 Å². The standard InChI is InChI=1S/C37H36N2O3/c1-27-33(40)31-19-11-20-32(35(31)42-34(27)28-13-5-2-6-14-28)36(41)38-23-12-24-39-25-21-37(22-26-39,29-15-7-3-8-16-29)30-17-9-4-10-18-30/h2-11,13-20H,12,21-26H2,1H3,(H,38,41). The molecule has 0 atom stereocenters. The predicted molar refractivity (Wildman–Crippen MR) is 169 cm³/mol. The summed E-state index contributed by atoms with van der Waals surface area (Å²) in [7, 11) is 0. The maximum absolute atomic E-state index is 13.3. The number of carbonyl (C=O) groups is 1. The number of likely N-dealkylation sites (tertiary alicyclic amines) is 1. The highest BCUT2D eigenvalue weighted by Crippen LogP contribution is 2.41. The smallest absolute Gasteiger partial charge is 0.255 e. The molecule has 6 rings (SSSR count). The topological polar surface area (TPSA) is 62.6 Å². The Labute approximate surface area is 246 Å². The molecule has 1 aliphatic rings. The van der Waals surface area contributed by atoms with Crippen LogP contribution in [0.5, 0.6) is 0 Å². The van der Waals surface area contributed by atoms with Gasteiger partial charge in [0.1, 0.15) is 5.76 Å². The fraction of sp³-hybridized carbons (Fsp3) is 0.243. The van der Waals surface area contributed by atoms with E-state index in [0.29, 0.717) is 34.4 Å². The molecule has 0 radical (unpaired) electrons. The highest BCUT2D eigenvalue weighted by atomic mass is 16.3. The number of benzene rings is 4. The van der Waals surface area contributed by atoms with Crippen molar-refractivity contribution in [2.24, 2.45) is 0 Å². The molecule has 1 amide bonds. The number of rotatable bonds is 8. The third-order valence-electron chi connectivity index (χ3n) is 8.72. The van der Waals surface area contributed by atoms with Gasteiger partial charge in [-0.15, -0.1) is 0 Å². The molecular weight excluding hydrogens is 520 g/mol. The Morgan fingerprint density at radius 3 is 2.02 bits per heavy atom. The first-order valence-corrected chi connectivity index (χ1v) is 14.8. The van der Waals surface area contributed by atoms with E-state index in [0.717, 1.165) is 44.5 Å². The van der Waals surface area contributed by atoms with Crippen molar-refractivity contribution in [1.29, 1.82) is 0 Å². The van der Waals surface area contributed by atoms with Crippen LogP contribution in [0.1, 0.15) is 46.3 Å². The minimum absolute atomic E-state index is 0.0302. The van der Waals surface area contributed by atoms with E-state index >= 15 is 0 Å². The van der Waals surface area contributed by atoms with Gasteiger partial charge in [0.25, 0.3) is 5.91 Å². The number of nitrogens with one attached hydrogen (secondary N) is 1. The van der Waals surface area contributed by atoms with Crippen molar-refractivity contribution in [1.82, 2.24) is 10.2 Å². The van der Waals surface area contributed by atoms with Crippen LogP contribution in [0, 0.1) is 6.92 Å². The van der Waals surface area contributed by atoms with Gasteiger partial charge >= 0.3 is 0 Å². The van der Waals surface area contributed by atoms with Crippen molar-refractivity contribution in [3.8, 4) is 11.3 Å². The molecule has 42 heavy (non-hydrogen) atoms. The van der Waals surface area contributed by atoms with E-state index in [4.69, 9.17) is 4.42 Å². The van der Waals surface area contributed by atoms with Gasteiger partial charge in [-0.25, -0.2) is 0 Å². The number of nitrogens with zero attached hydrogens (tertiary/aromatic N) is 1. The van der Waals surface area contributed by atoms with Crippen LogP contribution in [-0.2, 0) is 5.41 Å². The zero-order valence-electron chi connectivity index (χ0n) is 24.0. The van der Waals surface area contributed by atoms with Crippen LogP contribution in [0.15, 0.2) is 118 Å². The molecule has 1 aliphatic heterocycles. The Morgan fingerprint density at radius 1 is 0.810 bits per heavy atom. The monoisotopic (exact) mass is 556 g/mol. The number of hydrogen-bond donors (Lipinski definition) is 1. The minimum Gasteiger partial charge on any atom is -0.455 e. The molecule has 0 unspecified atom stereocenters. The molecule has 2 heterocycles. The van der Waals surface area contributed by atoms with Crippen LogP contribution >= 0.6 is 0 Å². The van der Waals surface area contributed by atoms with Crippen LogP contribution in [0.2, 0.25) is 0 Å². The van der Waals surface area contributed by atoms with Crippen LogP contribution in [0.25, 0.3) is 22.3 Å². The fourth-order valence-corrected chi connectivity index (χ4v) is 6.37. The number of fused-ring (bicyclic) bond motifs is 1. The first kappa shape index (κ1) is 27.7. The quantitative estimate of drug-likeness (QED) is 0.210. The van der Waals surface area contributed by atoms with E-state index < -0.39 is 0 Å². The van der Waals surface area contributed by atoms with Crippen molar-refractivity contribution >= 4 is 16.9 Å². The molecule has 1 fully saturated rings. The van der Waals surface area contributed by atoms with Gasteiger partial charge in [0.05, 0.1) is 10.9 Å². The molecule has 212 valence electrons. The summed E-state index contributed by atoms with van der Waals surface area (Å²) < 4.78 is 6.24. The molecule has 5 aromatic rings. The molecule has 0 bridgehead atoms. The SMILES string of the molecule is Cc1c(-c2ccccc2)oc2c(C(=O)NCCCN3CCC(c4ccccc4)(c4ccccc4)CC3)cccc2c1=O. The van der Waals surface area contributed by atoms with Gasteiger partial charge < -0.3 is 14.6 Å². The predicted octanol–water partition coefficient (Wildman–Crippen LogP) is 6.97. The van der Waals surface area contributed by atoms with E-state index in [9.17, 15) is 9.59 Å². The largest absolute Gasteiger partial charge is 0.455 e. The van der Waals surface area contributed by atoms with Gasteiger partial charge in [-0.3, -0.25) is 9.59 Å². The minimum atomic E-state index is -0.225. The Kier molecular flexibility index (Phi) is 8.02. The number of amides is 1. The molecule has 5 heteroatoms. The van der Waals surface area contributed by atoms with Crippen LogP contribution < -0.4 is 10.7 Å². The third-order valence-corrected chi connectivity index (χ3v) is 8.72. The first-order chi connectivity index (χ1) is 20.6. The van der Waals surface area contributed by atoms with E-state index in [1.807, 2.05) is 30.3 Å². The highest BCUT2D eigenvalue weighted by molar-refractivity contribution is 6.05. The molecular formula is C37H36N2O3. The first-order valence-electron chi connectivity index (χ1n) is 14.8. The summed E-state index contributed by atoms with van der Waals surface area (Å²) in [5, 5.41) is 3.49. The number of piperidine rings is 1. The summed E-state index contributed by atoms with van der Waals surface area (Å²) in [5.41, 5.74) is 4.75. The van der Waals surface area contributed by atoms with Crippen LogP contribution in [0.3, 0.4) is 0 Å². The molecule has 0 aliphatic carbocycles. The second kappa shape index (κ2) is 12.2. The van der Waals surface area contributed by atoms with E-state index in [2.05, 4.69) is 70.9 Å². The molecule has 0 spiro atoms. The lowest BCUT2D eigenvalue weighted by molar-refractivity contribution is 0.0951. The van der Waals surface area contributed by atoms with E-state index in [1.54, 1.807) is 25.1 Å². The number of hydrogen-bond acceptors (Lipinski definition) is 4. The molecule has 1 saturated heterocycles. The fourth-order valence-electron chi connectivity index (χ4n) is 6.37. The zero-order chi connectivity index (χ0) is 28.9. The summed E-state index contributed by atoms with van der Waals surface area (Å²) in [6, 6.07) is 36.5. The zero-order valence-corrected chi connectivity index (χ0v) is 24.0. The Morgan fingerprint density at radius 2 is 1.40 bits per heavy atom. The van der Waals surface area contributed by atoms with Gasteiger partial charge in [0, 0.05) is 23.1 Å². The van der Waals surface area contributed by atoms with Gasteiger partial charge in [-0.05, 0) is 69.1 Å². The van der Waals surface area contributed by atoms with Gasteiger partial charge in [-0.1, -0.05) is 97.1 Å². The Hall–Kier alpha value is -4.48. The van der Waals surface area contributed by atoms with Crippen molar-refractivity contribution in [3.05, 3.63) is 142 Å². The van der Waals surface area contributed by atoms with Gasteiger partial charge in [-0.2, -0.15) is 0 Å². The average Bonchev–Trinajstić information content (AvgIpc) is 3.06. The van der Waals surface area contributed by atoms with E-state index in [-0.39, 0.29) is 16.8 Å². The van der Waals surface area contributed by atoms with Crippen LogP contribution in [0.4, 0.5) is 0 Å². The lowest BCUT2D eigenvalue weighted by Crippen LogP contribution is -2.44. The average molecular weight is 557 g/mol. The maximum Gasteiger partial charge on any atom is 0.255 e. The normalized spacial score (nSPS) is 15.0. The lowest BCUT2D eigenvalue weighted by Gasteiger charge is -2.43. The van der Waals surface area contributed by atoms with Crippen molar-refractivity contribution < 1.29 is 9.21 Å². The van der Waals surface area contributed by atoms with Gasteiger partial charge in [0.2, 0.25) is 0 Å². The van der Waals surface area contributed by atoms with Crippen molar-refractivity contribution in [2.75, 3.05) is 26.2 Å². The van der Waals surface area contributed by atoms with Gasteiger partial charge in [0.15, 0.2) is 11.0 Å². The molecule has 1 aromatic heterocycles. The molecule has 4 aromatic carbocycles. The summed E-state index contributed by atoms with van der Waals surface area (Å²) in [5.74, 6) is 0.276. The number of para-hydroxylation sites is 1. The second-order valence-corrected chi connectivity index (χ2v) is 11.2. The highest BCUT2D eigenvalue weighted by Gasteiger charge is 2.37.